The minimum atomic E-state index is -0.996. The number of nitrogens with zero attached hydrogens (tertiary/aromatic N) is 1. The van der Waals surface area contributed by atoms with Crippen LogP contribution in [0.4, 0.5) is 0 Å². The number of carbonyl (C=O) groups excluding carboxylic acids is 1. The third-order valence-corrected chi connectivity index (χ3v) is 4.53. The van der Waals surface area contributed by atoms with E-state index in [1.54, 1.807) is 0 Å². The Morgan fingerprint density at radius 1 is 0.778 bits per heavy atom. The molecule has 1 N–H and O–H groups in total. The standard InChI is InChI=1S/C23H29NO3/c1-3-5-18-7-11-20(12-8-18)15-22(25)24(17-23(26)27)16-21-13-9-19(6-4-2)10-14-21/h7-14H,3-6,15-17H2,1-2H3,(H,26,27). The smallest absolute Gasteiger partial charge is 0.323 e. The topological polar surface area (TPSA) is 57.6 Å². The second-order valence-corrected chi connectivity index (χ2v) is 6.95. The van der Waals surface area contributed by atoms with Crippen molar-refractivity contribution in [3.05, 3.63) is 70.8 Å². The van der Waals surface area contributed by atoms with E-state index in [1.807, 2.05) is 36.4 Å². The number of hydrogen-bond donors (Lipinski definition) is 1. The van der Waals surface area contributed by atoms with Crippen LogP contribution in [0.1, 0.15) is 48.9 Å². The Kier molecular flexibility index (Phi) is 8.05. The van der Waals surface area contributed by atoms with Crippen molar-refractivity contribution >= 4 is 11.9 Å². The van der Waals surface area contributed by atoms with Crippen molar-refractivity contribution < 1.29 is 14.7 Å². The van der Waals surface area contributed by atoms with Crippen molar-refractivity contribution in [1.29, 1.82) is 0 Å². The third kappa shape index (κ3) is 6.89. The molecule has 0 aliphatic carbocycles. The number of carboxylic acid groups (broad SMARTS) is 1. The van der Waals surface area contributed by atoms with Gasteiger partial charge in [-0.15, -0.1) is 0 Å². The van der Waals surface area contributed by atoms with Crippen molar-refractivity contribution in [2.75, 3.05) is 6.54 Å². The van der Waals surface area contributed by atoms with E-state index in [0.29, 0.717) is 6.54 Å². The summed E-state index contributed by atoms with van der Waals surface area (Å²) in [4.78, 5) is 25.3. The second-order valence-electron chi connectivity index (χ2n) is 6.95. The first kappa shape index (κ1) is 20.7. The van der Waals surface area contributed by atoms with Gasteiger partial charge in [-0.25, -0.2) is 0 Å². The van der Waals surface area contributed by atoms with Gasteiger partial charge in [-0.05, 0) is 35.1 Å². The van der Waals surface area contributed by atoms with Crippen LogP contribution in [0.15, 0.2) is 48.5 Å². The lowest BCUT2D eigenvalue weighted by atomic mass is 10.0. The fraction of sp³-hybridized carbons (Fsp3) is 0.391. The van der Waals surface area contributed by atoms with Crippen LogP contribution >= 0.6 is 0 Å². The monoisotopic (exact) mass is 367 g/mol. The fourth-order valence-corrected chi connectivity index (χ4v) is 3.11. The maximum Gasteiger partial charge on any atom is 0.323 e. The zero-order valence-electron chi connectivity index (χ0n) is 16.3. The summed E-state index contributed by atoms with van der Waals surface area (Å²) in [5.74, 6) is -1.16. The van der Waals surface area contributed by atoms with E-state index in [0.717, 1.165) is 36.8 Å². The average molecular weight is 367 g/mol. The Labute approximate surface area is 161 Å². The summed E-state index contributed by atoms with van der Waals surface area (Å²) in [7, 11) is 0. The van der Waals surface area contributed by atoms with Gasteiger partial charge in [0.15, 0.2) is 0 Å². The van der Waals surface area contributed by atoms with Crippen LogP contribution < -0.4 is 0 Å². The lowest BCUT2D eigenvalue weighted by Gasteiger charge is -2.21. The van der Waals surface area contributed by atoms with Gasteiger partial charge in [0.1, 0.15) is 6.54 Å². The first-order valence-corrected chi connectivity index (χ1v) is 9.67. The highest BCUT2D eigenvalue weighted by Gasteiger charge is 2.17. The number of benzene rings is 2. The molecule has 2 aromatic carbocycles. The van der Waals surface area contributed by atoms with Crippen LogP contribution in [0.5, 0.6) is 0 Å². The number of amides is 1. The molecule has 0 saturated heterocycles. The molecule has 0 spiro atoms. The number of rotatable bonds is 10. The van der Waals surface area contributed by atoms with Crippen LogP contribution in [-0.4, -0.2) is 28.4 Å². The quantitative estimate of drug-likeness (QED) is 0.683. The summed E-state index contributed by atoms with van der Waals surface area (Å²) >= 11 is 0. The molecule has 0 atom stereocenters. The summed E-state index contributed by atoms with van der Waals surface area (Å²) in [6.07, 6.45) is 4.43. The number of carboxylic acids is 1. The van der Waals surface area contributed by atoms with E-state index in [1.165, 1.54) is 16.0 Å². The Balaban J connectivity index is 2.05. The minimum Gasteiger partial charge on any atom is -0.480 e. The predicted octanol–water partition coefficient (Wildman–Crippen LogP) is 4.25. The van der Waals surface area contributed by atoms with Crippen LogP contribution in [0, 0.1) is 0 Å². The number of carbonyl (C=O) groups is 2. The van der Waals surface area contributed by atoms with Crippen molar-refractivity contribution in [2.24, 2.45) is 0 Å². The van der Waals surface area contributed by atoms with Gasteiger partial charge in [0, 0.05) is 6.54 Å². The highest BCUT2D eigenvalue weighted by molar-refractivity contribution is 5.83. The molecule has 0 fully saturated rings. The zero-order chi connectivity index (χ0) is 19.6. The molecule has 4 heteroatoms. The Morgan fingerprint density at radius 3 is 1.67 bits per heavy atom. The summed E-state index contributed by atoms with van der Waals surface area (Å²) in [5, 5.41) is 9.19. The molecule has 0 radical (unpaired) electrons. The maximum atomic E-state index is 12.7. The molecule has 0 heterocycles. The summed E-state index contributed by atoms with van der Waals surface area (Å²) < 4.78 is 0. The number of aryl methyl sites for hydroxylation is 2. The summed E-state index contributed by atoms with van der Waals surface area (Å²) in [5.41, 5.74) is 4.36. The van der Waals surface area contributed by atoms with Gasteiger partial charge in [0.2, 0.25) is 5.91 Å². The predicted molar refractivity (Wildman–Crippen MR) is 108 cm³/mol. The highest BCUT2D eigenvalue weighted by atomic mass is 16.4. The minimum absolute atomic E-state index is 0.168. The first-order chi connectivity index (χ1) is 13.0. The fourth-order valence-electron chi connectivity index (χ4n) is 3.11. The molecule has 1 amide bonds. The molecule has 4 nitrogen and oxygen atoms in total. The maximum absolute atomic E-state index is 12.7. The van der Waals surface area contributed by atoms with E-state index in [-0.39, 0.29) is 18.9 Å². The first-order valence-electron chi connectivity index (χ1n) is 9.67. The summed E-state index contributed by atoms with van der Waals surface area (Å²) in [6.45, 7) is 4.29. The van der Waals surface area contributed by atoms with Crippen molar-refractivity contribution in [2.45, 2.75) is 52.5 Å². The second kappa shape index (κ2) is 10.5. The molecular weight excluding hydrogens is 338 g/mol. The Morgan fingerprint density at radius 2 is 1.22 bits per heavy atom. The molecule has 0 bridgehead atoms. The summed E-state index contributed by atoms with van der Waals surface area (Å²) in [6, 6.07) is 16.1. The van der Waals surface area contributed by atoms with E-state index < -0.39 is 5.97 Å². The van der Waals surface area contributed by atoms with Crippen molar-refractivity contribution in [1.82, 2.24) is 4.90 Å². The molecule has 0 unspecified atom stereocenters. The van der Waals surface area contributed by atoms with Crippen LogP contribution in [0.25, 0.3) is 0 Å². The highest BCUT2D eigenvalue weighted by Crippen LogP contribution is 2.12. The van der Waals surface area contributed by atoms with Crippen LogP contribution in [0.3, 0.4) is 0 Å². The molecule has 0 aliphatic heterocycles. The van der Waals surface area contributed by atoms with E-state index in [4.69, 9.17) is 0 Å². The lowest BCUT2D eigenvalue weighted by Crippen LogP contribution is -2.36. The zero-order valence-corrected chi connectivity index (χ0v) is 16.3. The number of aliphatic carboxylic acids is 1. The van der Waals surface area contributed by atoms with Crippen LogP contribution in [0.2, 0.25) is 0 Å². The third-order valence-electron chi connectivity index (χ3n) is 4.53. The Bertz CT molecular complexity index is 735. The van der Waals surface area contributed by atoms with Gasteiger partial charge < -0.3 is 10.0 Å². The van der Waals surface area contributed by atoms with Crippen molar-refractivity contribution in [3.8, 4) is 0 Å². The average Bonchev–Trinajstić information content (AvgIpc) is 2.64. The van der Waals surface area contributed by atoms with Crippen LogP contribution in [-0.2, 0) is 35.4 Å². The SMILES string of the molecule is CCCc1ccc(CC(=O)N(CC(=O)O)Cc2ccc(CCC)cc2)cc1. The van der Waals surface area contributed by atoms with Gasteiger partial charge >= 0.3 is 5.97 Å². The Hall–Kier alpha value is -2.62. The molecule has 2 rings (SSSR count). The largest absolute Gasteiger partial charge is 0.480 e. The molecular formula is C23H29NO3. The number of hydrogen-bond acceptors (Lipinski definition) is 2. The molecule has 0 saturated carbocycles. The van der Waals surface area contributed by atoms with Gasteiger partial charge in [-0.3, -0.25) is 9.59 Å². The molecule has 2 aromatic rings. The molecule has 27 heavy (non-hydrogen) atoms. The van der Waals surface area contributed by atoms with Gasteiger partial charge in [-0.2, -0.15) is 0 Å². The van der Waals surface area contributed by atoms with Gasteiger partial charge in [-0.1, -0.05) is 75.2 Å². The van der Waals surface area contributed by atoms with Gasteiger partial charge in [0.05, 0.1) is 6.42 Å². The normalized spacial score (nSPS) is 10.6. The lowest BCUT2D eigenvalue weighted by molar-refractivity contribution is -0.144. The molecule has 0 aromatic heterocycles. The van der Waals surface area contributed by atoms with Gasteiger partial charge in [0.25, 0.3) is 0 Å². The van der Waals surface area contributed by atoms with E-state index in [9.17, 15) is 14.7 Å². The molecule has 0 aliphatic rings. The van der Waals surface area contributed by atoms with E-state index in [2.05, 4.69) is 26.0 Å². The van der Waals surface area contributed by atoms with E-state index >= 15 is 0 Å². The molecule has 144 valence electrons. The van der Waals surface area contributed by atoms with Crippen molar-refractivity contribution in [3.63, 3.8) is 0 Å².